The Labute approximate surface area is 175 Å². The predicted molar refractivity (Wildman–Crippen MR) is 113 cm³/mol. The molecule has 0 atom stereocenters. The number of ketones is 1. The third-order valence-electron chi connectivity index (χ3n) is 5.27. The molecule has 3 aromatic rings. The lowest BCUT2D eigenvalue weighted by molar-refractivity contribution is 0.0445. The molecule has 0 fully saturated rings. The largest absolute Gasteiger partial charge is 0.497 e. The number of benzene rings is 1. The van der Waals surface area contributed by atoms with Gasteiger partial charge in [0.25, 0.3) is 0 Å². The van der Waals surface area contributed by atoms with Crippen LogP contribution in [0.15, 0.2) is 28.7 Å². The second kappa shape index (κ2) is 9.17. The van der Waals surface area contributed by atoms with Crippen LogP contribution in [0.25, 0.3) is 11.0 Å². The van der Waals surface area contributed by atoms with Crippen molar-refractivity contribution in [1.82, 2.24) is 4.57 Å². The van der Waals surface area contributed by atoms with Gasteiger partial charge >= 0.3 is 5.97 Å². The van der Waals surface area contributed by atoms with Gasteiger partial charge in [-0.05, 0) is 51.5 Å². The number of carbonyl (C=O) groups is 2. The minimum atomic E-state index is -0.662. The molecular formula is C23H27NO6. The van der Waals surface area contributed by atoms with Crippen LogP contribution in [0.1, 0.15) is 44.3 Å². The number of hydrogen-bond acceptors (Lipinski definition) is 6. The molecule has 0 aliphatic carbocycles. The molecule has 30 heavy (non-hydrogen) atoms. The molecule has 2 heterocycles. The highest BCUT2D eigenvalue weighted by Crippen LogP contribution is 2.29. The number of aromatic nitrogens is 1. The summed E-state index contributed by atoms with van der Waals surface area (Å²) >= 11 is 0. The maximum Gasteiger partial charge on any atom is 0.375 e. The van der Waals surface area contributed by atoms with Gasteiger partial charge in [-0.1, -0.05) is 0 Å². The number of fused-ring (bicyclic) bond motifs is 1. The molecule has 2 aromatic heterocycles. The zero-order valence-corrected chi connectivity index (χ0v) is 18.0. The molecule has 0 N–H and O–H groups in total. The van der Waals surface area contributed by atoms with Crippen molar-refractivity contribution in [1.29, 1.82) is 0 Å². The van der Waals surface area contributed by atoms with Crippen LogP contribution < -0.4 is 4.74 Å². The number of hydrogen-bond donors (Lipinski definition) is 0. The smallest absolute Gasteiger partial charge is 0.375 e. The molecule has 0 spiro atoms. The minimum absolute atomic E-state index is 0.0936. The standard InChI is InChI=1S/C23H27NO6/c1-14-11-19(16(3)24(14)9-6-10-27-4)20(25)13-29-23(26)22-15(2)18-12-17(28-5)7-8-21(18)30-22/h7-8,11-12H,6,9-10,13H2,1-5H3. The summed E-state index contributed by atoms with van der Waals surface area (Å²) in [6.07, 6.45) is 0.853. The zero-order chi connectivity index (χ0) is 21.8. The lowest BCUT2D eigenvalue weighted by atomic mass is 10.1. The van der Waals surface area contributed by atoms with Crippen LogP contribution in [0.4, 0.5) is 0 Å². The van der Waals surface area contributed by atoms with E-state index in [-0.39, 0.29) is 18.2 Å². The van der Waals surface area contributed by atoms with Crippen molar-refractivity contribution in [3.8, 4) is 5.75 Å². The number of rotatable bonds is 9. The van der Waals surface area contributed by atoms with E-state index in [2.05, 4.69) is 4.57 Å². The van der Waals surface area contributed by atoms with Crippen LogP contribution in [-0.4, -0.2) is 43.8 Å². The van der Waals surface area contributed by atoms with Crippen LogP contribution >= 0.6 is 0 Å². The Morgan fingerprint density at radius 3 is 2.57 bits per heavy atom. The molecule has 0 bridgehead atoms. The topological polar surface area (TPSA) is 79.9 Å². The van der Waals surface area contributed by atoms with Crippen LogP contribution in [-0.2, 0) is 16.0 Å². The predicted octanol–water partition coefficient (Wildman–Crippen LogP) is 4.24. The van der Waals surface area contributed by atoms with E-state index in [0.717, 1.165) is 29.7 Å². The van der Waals surface area contributed by atoms with Gasteiger partial charge in [-0.3, -0.25) is 4.79 Å². The molecule has 0 aliphatic rings. The molecule has 7 heteroatoms. The summed E-state index contributed by atoms with van der Waals surface area (Å²) in [7, 11) is 3.24. The van der Waals surface area contributed by atoms with Gasteiger partial charge in [0.1, 0.15) is 11.3 Å². The van der Waals surface area contributed by atoms with E-state index < -0.39 is 5.97 Å². The van der Waals surface area contributed by atoms with Gasteiger partial charge in [0.2, 0.25) is 11.5 Å². The molecule has 0 saturated carbocycles. The molecule has 0 unspecified atom stereocenters. The van der Waals surface area contributed by atoms with Crippen molar-refractivity contribution in [2.24, 2.45) is 0 Å². The fourth-order valence-electron chi connectivity index (χ4n) is 3.59. The SMILES string of the molecule is COCCCn1c(C)cc(C(=O)COC(=O)c2oc3ccc(OC)cc3c2C)c1C. The first-order valence-electron chi connectivity index (χ1n) is 9.80. The molecular weight excluding hydrogens is 386 g/mol. The molecule has 0 aliphatic heterocycles. The molecule has 160 valence electrons. The number of Topliss-reactive ketones (excluding diaryl/α,β-unsaturated/α-hetero) is 1. The van der Waals surface area contributed by atoms with Gasteiger partial charge in [-0.15, -0.1) is 0 Å². The summed E-state index contributed by atoms with van der Waals surface area (Å²) in [5.41, 5.74) is 3.62. The fourth-order valence-corrected chi connectivity index (χ4v) is 3.59. The van der Waals surface area contributed by atoms with Crippen molar-refractivity contribution in [2.45, 2.75) is 33.7 Å². The van der Waals surface area contributed by atoms with Crippen molar-refractivity contribution in [2.75, 3.05) is 27.4 Å². The van der Waals surface area contributed by atoms with Crippen LogP contribution in [0, 0.1) is 20.8 Å². The van der Waals surface area contributed by atoms with E-state index in [1.165, 1.54) is 0 Å². The van der Waals surface area contributed by atoms with Crippen LogP contribution in [0.5, 0.6) is 5.75 Å². The van der Waals surface area contributed by atoms with Gasteiger partial charge in [0, 0.05) is 48.2 Å². The summed E-state index contributed by atoms with van der Waals surface area (Å²) in [5.74, 6) is -0.145. The maximum absolute atomic E-state index is 12.7. The Balaban J connectivity index is 1.71. The van der Waals surface area contributed by atoms with Crippen molar-refractivity contribution in [3.05, 3.63) is 52.5 Å². The Bertz CT molecular complexity index is 1080. The minimum Gasteiger partial charge on any atom is -0.497 e. The van der Waals surface area contributed by atoms with Crippen LogP contribution in [0.2, 0.25) is 0 Å². The summed E-state index contributed by atoms with van der Waals surface area (Å²) in [4.78, 5) is 25.2. The molecule has 0 saturated heterocycles. The zero-order valence-electron chi connectivity index (χ0n) is 18.0. The summed E-state index contributed by atoms with van der Waals surface area (Å²) in [6.45, 7) is 6.69. The number of furan rings is 1. The number of aryl methyl sites for hydroxylation is 2. The Hall–Kier alpha value is -3.06. The Kier molecular flexibility index (Phi) is 6.62. The lowest BCUT2D eigenvalue weighted by Crippen LogP contribution is -2.15. The second-order valence-corrected chi connectivity index (χ2v) is 7.20. The van der Waals surface area contributed by atoms with E-state index in [4.69, 9.17) is 18.6 Å². The Morgan fingerprint density at radius 1 is 1.10 bits per heavy atom. The van der Waals surface area contributed by atoms with Crippen LogP contribution in [0.3, 0.4) is 0 Å². The highest BCUT2D eigenvalue weighted by atomic mass is 16.5. The van der Waals surface area contributed by atoms with E-state index in [9.17, 15) is 9.59 Å². The summed E-state index contributed by atoms with van der Waals surface area (Å²) in [5, 5.41) is 0.771. The number of methoxy groups -OCH3 is 2. The summed E-state index contributed by atoms with van der Waals surface area (Å²) < 4.78 is 23.3. The van der Waals surface area contributed by atoms with Gasteiger partial charge < -0.3 is 23.2 Å². The number of nitrogens with zero attached hydrogens (tertiary/aromatic N) is 1. The number of esters is 1. The van der Waals surface area contributed by atoms with Gasteiger partial charge in [0.05, 0.1) is 7.11 Å². The van der Waals surface area contributed by atoms with E-state index in [1.54, 1.807) is 39.3 Å². The monoisotopic (exact) mass is 413 g/mol. The van der Waals surface area contributed by atoms with Crippen molar-refractivity contribution in [3.63, 3.8) is 0 Å². The maximum atomic E-state index is 12.7. The van der Waals surface area contributed by atoms with E-state index in [1.807, 2.05) is 19.9 Å². The lowest BCUT2D eigenvalue weighted by Gasteiger charge is -2.09. The fraction of sp³-hybridized carbons (Fsp3) is 0.391. The number of carbonyl (C=O) groups excluding carboxylic acids is 2. The average Bonchev–Trinajstić information content (AvgIpc) is 3.22. The first-order valence-corrected chi connectivity index (χ1v) is 9.80. The summed E-state index contributed by atoms with van der Waals surface area (Å²) in [6, 6.07) is 7.12. The first kappa shape index (κ1) is 21.6. The quantitative estimate of drug-likeness (QED) is 0.296. The molecule has 0 amide bonds. The first-order chi connectivity index (χ1) is 14.4. The normalized spacial score (nSPS) is 11.1. The third-order valence-corrected chi connectivity index (χ3v) is 5.27. The van der Waals surface area contributed by atoms with E-state index in [0.29, 0.717) is 29.1 Å². The van der Waals surface area contributed by atoms with Crippen molar-refractivity contribution < 1.29 is 28.2 Å². The molecule has 0 radical (unpaired) electrons. The third kappa shape index (κ3) is 4.26. The van der Waals surface area contributed by atoms with Gasteiger partial charge in [-0.2, -0.15) is 0 Å². The number of ether oxygens (including phenoxy) is 3. The van der Waals surface area contributed by atoms with E-state index >= 15 is 0 Å². The van der Waals surface area contributed by atoms with Crippen molar-refractivity contribution >= 4 is 22.7 Å². The molecule has 3 rings (SSSR count). The second-order valence-electron chi connectivity index (χ2n) is 7.20. The molecule has 1 aromatic carbocycles. The highest BCUT2D eigenvalue weighted by Gasteiger charge is 2.22. The molecule has 7 nitrogen and oxygen atoms in total. The average molecular weight is 413 g/mol. The Morgan fingerprint density at radius 2 is 1.87 bits per heavy atom. The highest BCUT2D eigenvalue weighted by molar-refractivity contribution is 6.01. The van der Waals surface area contributed by atoms with Gasteiger partial charge in [-0.25, -0.2) is 4.79 Å². The van der Waals surface area contributed by atoms with Gasteiger partial charge in [0.15, 0.2) is 6.61 Å².